The maximum Gasteiger partial charge on any atom is 0.278 e. The highest BCUT2D eigenvalue weighted by Gasteiger charge is 2.15. The Labute approximate surface area is 117 Å². The van der Waals surface area contributed by atoms with Gasteiger partial charge in [0.15, 0.2) is 0 Å². The van der Waals surface area contributed by atoms with Crippen molar-refractivity contribution in [2.75, 3.05) is 11.9 Å². The van der Waals surface area contributed by atoms with Gasteiger partial charge in [0.1, 0.15) is 10.8 Å². The molecule has 0 saturated carbocycles. The maximum absolute atomic E-state index is 12.3. The largest absolute Gasteiger partial charge is 0.310 e. The van der Waals surface area contributed by atoms with E-state index in [9.17, 15) is 4.79 Å². The van der Waals surface area contributed by atoms with Crippen molar-refractivity contribution in [1.29, 1.82) is 0 Å². The molecule has 2 aromatic rings. The zero-order valence-electron chi connectivity index (χ0n) is 11.0. The second-order valence-corrected chi connectivity index (χ2v) is 4.82. The van der Waals surface area contributed by atoms with Crippen molar-refractivity contribution in [2.45, 2.75) is 13.8 Å². The first kappa shape index (κ1) is 13.5. The highest BCUT2D eigenvalue weighted by atomic mass is 35.5. The molecule has 0 saturated heterocycles. The Morgan fingerprint density at radius 2 is 1.74 bits per heavy atom. The number of benzene rings is 1. The molecule has 1 aromatic heterocycles. The summed E-state index contributed by atoms with van der Waals surface area (Å²) >= 11 is 5.66. The molecular formula is C14H14ClN3O. The smallest absolute Gasteiger partial charge is 0.278 e. The van der Waals surface area contributed by atoms with Crippen LogP contribution in [0.5, 0.6) is 0 Å². The van der Waals surface area contributed by atoms with Gasteiger partial charge in [0.2, 0.25) is 0 Å². The van der Waals surface area contributed by atoms with E-state index in [1.54, 1.807) is 11.9 Å². The predicted molar refractivity (Wildman–Crippen MR) is 75.7 cm³/mol. The molecule has 1 heterocycles. The molecule has 0 unspecified atom stereocenters. The molecule has 0 aliphatic rings. The Hall–Kier alpha value is -1.94. The summed E-state index contributed by atoms with van der Waals surface area (Å²) in [6, 6.07) is 5.96. The summed E-state index contributed by atoms with van der Waals surface area (Å²) in [5, 5.41) is 0.269. The lowest BCUT2D eigenvalue weighted by Crippen LogP contribution is -2.27. The lowest BCUT2D eigenvalue weighted by molar-refractivity contribution is 0.0988. The first-order valence-electron chi connectivity index (χ1n) is 5.81. The van der Waals surface area contributed by atoms with Crippen LogP contribution in [0.15, 0.2) is 30.6 Å². The zero-order valence-corrected chi connectivity index (χ0v) is 11.8. The lowest BCUT2D eigenvalue weighted by atomic mass is 10.1. The van der Waals surface area contributed by atoms with Crippen molar-refractivity contribution in [2.24, 2.45) is 0 Å². The van der Waals surface area contributed by atoms with Crippen LogP contribution >= 0.6 is 11.6 Å². The van der Waals surface area contributed by atoms with Gasteiger partial charge in [-0.1, -0.05) is 17.7 Å². The molecular weight excluding hydrogens is 262 g/mol. The standard InChI is InChI=1S/C14H14ClN3O/c1-9-4-10(2)6-11(5-9)18(3)14(19)12-7-17-13(15)8-16-12/h4-8H,1-3H3. The summed E-state index contributed by atoms with van der Waals surface area (Å²) in [5.41, 5.74) is 3.32. The monoisotopic (exact) mass is 275 g/mol. The van der Waals surface area contributed by atoms with Crippen LogP contribution in [0.2, 0.25) is 5.15 Å². The third-order valence-electron chi connectivity index (χ3n) is 2.74. The van der Waals surface area contributed by atoms with E-state index >= 15 is 0 Å². The lowest BCUT2D eigenvalue weighted by Gasteiger charge is -2.18. The molecule has 0 radical (unpaired) electrons. The van der Waals surface area contributed by atoms with Crippen molar-refractivity contribution in [3.63, 3.8) is 0 Å². The summed E-state index contributed by atoms with van der Waals surface area (Å²) < 4.78 is 0. The van der Waals surface area contributed by atoms with Crippen molar-refractivity contribution < 1.29 is 4.79 Å². The first-order valence-corrected chi connectivity index (χ1v) is 6.19. The molecule has 0 aliphatic heterocycles. The van der Waals surface area contributed by atoms with Crippen LogP contribution in [0.1, 0.15) is 21.6 Å². The van der Waals surface area contributed by atoms with Gasteiger partial charge in [0, 0.05) is 12.7 Å². The Kier molecular flexibility index (Phi) is 3.81. The third kappa shape index (κ3) is 3.09. The van der Waals surface area contributed by atoms with E-state index in [0.717, 1.165) is 16.8 Å². The van der Waals surface area contributed by atoms with Crippen LogP contribution in [0.4, 0.5) is 5.69 Å². The van der Waals surface area contributed by atoms with E-state index in [-0.39, 0.29) is 16.8 Å². The van der Waals surface area contributed by atoms with E-state index in [1.165, 1.54) is 12.4 Å². The van der Waals surface area contributed by atoms with Gasteiger partial charge in [-0.3, -0.25) is 4.79 Å². The Morgan fingerprint density at radius 3 is 2.26 bits per heavy atom. The molecule has 0 spiro atoms. The van der Waals surface area contributed by atoms with Crippen LogP contribution in [-0.4, -0.2) is 22.9 Å². The summed E-state index contributed by atoms with van der Waals surface area (Å²) in [6.07, 6.45) is 2.74. The SMILES string of the molecule is Cc1cc(C)cc(N(C)C(=O)c2cnc(Cl)cn2)c1. The molecule has 0 bridgehead atoms. The first-order chi connectivity index (χ1) is 8.97. The number of hydrogen-bond donors (Lipinski definition) is 0. The van der Waals surface area contributed by atoms with Gasteiger partial charge in [0.25, 0.3) is 5.91 Å². The predicted octanol–water partition coefficient (Wildman–Crippen LogP) is 3.02. The molecule has 1 aromatic carbocycles. The summed E-state index contributed by atoms with van der Waals surface area (Å²) in [5.74, 6) is -0.214. The Morgan fingerprint density at radius 1 is 1.11 bits per heavy atom. The van der Waals surface area contributed by atoms with Crippen LogP contribution in [-0.2, 0) is 0 Å². The number of anilines is 1. The van der Waals surface area contributed by atoms with E-state index in [1.807, 2.05) is 26.0 Å². The quantitative estimate of drug-likeness (QED) is 0.846. The summed E-state index contributed by atoms with van der Waals surface area (Å²) in [4.78, 5) is 21.7. The molecule has 0 aliphatic carbocycles. The fourth-order valence-electron chi connectivity index (χ4n) is 1.86. The van der Waals surface area contributed by atoms with Crippen molar-refractivity contribution in [3.05, 3.63) is 52.6 Å². The van der Waals surface area contributed by atoms with Crippen LogP contribution in [0, 0.1) is 13.8 Å². The number of rotatable bonds is 2. The molecule has 2 rings (SSSR count). The fraction of sp³-hybridized carbons (Fsp3) is 0.214. The number of hydrogen-bond acceptors (Lipinski definition) is 3. The molecule has 1 amide bonds. The molecule has 98 valence electrons. The van der Waals surface area contributed by atoms with Crippen molar-refractivity contribution >= 4 is 23.2 Å². The zero-order chi connectivity index (χ0) is 14.0. The molecule has 0 N–H and O–H groups in total. The third-order valence-corrected chi connectivity index (χ3v) is 2.93. The molecule has 0 atom stereocenters. The number of nitrogens with zero attached hydrogens (tertiary/aromatic N) is 3. The maximum atomic E-state index is 12.3. The van der Waals surface area contributed by atoms with Gasteiger partial charge < -0.3 is 4.90 Å². The van der Waals surface area contributed by atoms with E-state index < -0.39 is 0 Å². The van der Waals surface area contributed by atoms with Gasteiger partial charge >= 0.3 is 0 Å². The summed E-state index contributed by atoms with van der Waals surface area (Å²) in [7, 11) is 1.72. The Bertz CT molecular complexity index is 590. The Balaban J connectivity index is 2.30. The normalized spacial score (nSPS) is 10.3. The molecule has 4 nitrogen and oxygen atoms in total. The fourth-order valence-corrected chi connectivity index (χ4v) is 1.95. The topological polar surface area (TPSA) is 46.1 Å². The van der Waals surface area contributed by atoms with E-state index in [4.69, 9.17) is 11.6 Å². The number of carbonyl (C=O) groups excluding carboxylic acids is 1. The second-order valence-electron chi connectivity index (χ2n) is 4.43. The van der Waals surface area contributed by atoms with E-state index in [2.05, 4.69) is 16.0 Å². The van der Waals surface area contributed by atoms with Crippen LogP contribution in [0.25, 0.3) is 0 Å². The highest BCUT2D eigenvalue weighted by molar-refractivity contribution is 6.29. The number of amides is 1. The number of aromatic nitrogens is 2. The minimum Gasteiger partial charge on any atom is -0.310 e. The second kappa shape index (κ2) is 5.36. The van der Waals surface area contributed by atoms with Crippen LogP contribution < -0.4 is 4.90 Å². The molecule has 5 heteroatoms. The van der Waals surface area contributed by atoms with Gasteiger partial charge in [0.05, 0.1) is 12.4 Å². The molecule has 19 heavy (non-hydrogen) atoms. The number of carbonyl (C=O) groups is 1. The van der Waals surface area contributed by atoms with E-state index in [0.29, 0.717) is 0 Å². The average molecular weight is 276 g/mol. The van der Waals surface area contributed by atoms with Crippen LogP contribution in [0.3, 0.4) is 0 Å². The average Bonchev–Trinajstić information content (AvgIpc) is 2.37. The van der Waals surface area contributed by atoms with Gasteiger partial charge in [-0.05, 0) is 37.1 Å². The number of halogens is 1. The van der Waals surface area contributed by atoms with Crippen molar-refractivity contribution in [1.82, 2.24) is 9.97 Å². The van der Waals surface area contributed by atoms with Gasteiger partial charge in [-0.2, -0.15) is 0 Å². The minimum atomic E-state index is -0.214. The number of aryl methyl sites for hydroxylation is 2. The van der Waals surface area contributed by atoms with Gasteiger partial charge in [-0.15, -0.1) is 0 Å². The molecule has 0 fully saturated rings. The minimum absolute atomic E-state index is 0.214. The highest BCUT2D eigenvalue weighted by Crippen LogP contribution is 2.19. The summed E-state index contributed by atoms with van der Waals surface area (Å²) in [6.45, 7) is 3.99. The van der Waals surface area contributed by atoms with Gasteiger partial charge in [-0.25, -0.2) is 9.97 Å². The van der Waals surface area contributed by atoms with Crippen molar-refractivity contribution in [3.8, 4) is 0 Å².